The highest BCUT2D eigenvalue weighted by molar-refractivity contribution is 7.21. The Labute approximate surface area is 253 Å². The Morgan fingerprint density at radius 3 is 2.48 bits per heavy atom. The summed E-state index contributed by atoms with van der Waals surface area (Å²) >= 11 is 7.47. The molecule has 2 aromatic carbocycles. The fourth-order valence-corrected chi connectivity index (χ4v) is 7.08. The van der Waals surface area contributed by atoms with Crippen molar-refractivity contribution >= 4 is 44.6 Å². The molecule has 0 spiro atoms. The van der Waals surface area contributed by atoms with Crippen molar-refractivity contribution in [3.63, 3.8) is 0 Å². The monoisotopic (exact) mass is 610 g/mol. The van der Waals surface area contributed by atoms with Crippen molar-refractivity contribution in [2.75, 3.05) is 21.2 Å². The van der Waals surface area contributed by atoms with Gasteiger partial charge in [-0.2, -0.15) is 0 Å². The van der Waals surface area contributed by atoms with E-state index in [0.29, 0.717) is 17.5 Å². The van der Waals surface area contributed by atoms with Gasteiger partial charge in [0.25, 0.3) is 5.91 Å². The third-order valence-corrected chi connectivity index (χ3v) is 9.68. The minimum Gasteiger partial charge on any atom is -0.496 e. The summed E-state index contributed by atoms with van der Waals surface area (Å²) in [4.78, 5) is 20.6. The fourth-order valence-electron chi connectivity index (χ4n) is 5.58. The molecule has 0 bridgehead atoms. The highest BCUT2D eigenvalue weighted by Gasteiger charge is 2.33. The largest absolute Gasteiger partial charge is 0.496 e. The number of nitrogens with one attached hydrogen (secondary N) is 2. The molecule has 1 aliphatic carbocycles. The number of hydrogen-bond acceptors (Lipinski definition) is 6. The number of thiophene rings is 1. The average Bonchev–Trinajstić information content (AvgIpc) is 3.39. The van der Waals surface area contributed by atoms with Crippen LogP contribution in [0, 0.1) is 11.6 Å². The third kappa shape index (κ3) is 5.86. The zero-order valence-electron chi connectivity index (χ0n) is 23.8. The molecular formula is C32H33ClF2N4O2S. The van der Waals surface area contributed by atoms with Crippen molar-refractivity contribution in [3.05, 3.63) is 88.0 Å². The Balaban J connectivity index is 1.56. The van der Waals surface area contributed by atoms with Gasteiger partial charge in [-0.25, -0.2) is 8.78 Å². The molecule has 4 aromatic rings. The number of rotatable bonds is 9. The molecule has 1 saturated carbocycles. The van der Waals surface area contributed by atoms with Crippen LogP contribution in [-0.4, -0.2) is 49.1 Å². The zero-order valence-corrected chi connectivity index (χ0v) is 25.3. The van der Waals surface area contributed by atoms with E-state index in [1.54, 1.807) is 25.3 Å². The van der Waals surface area contributed by atoms with Gasteiger partial charge in [0, 0.05) is 37.4 Å². The summed E-state index contributed by atoms with van der Waals surface area (Å²) in [5.74, 6) is -0.976. The second kappa shape index (κ2) is 12.8. The maximum Gasteiger partial charge on any atom is 0.266 e. The average molecular weight is 611 g/mol. The van der Waals surface area contributed by atoms with E-state index in [1.165, 1.54) is 0 Å². The fraction of sp³-hybridized carbons (Fsp3) is 0.312. The van der Waals surface area contributed by atoms with Gasteiger partial charge >= 0.3 is 0 Å². The van der Waals surface area contributed by atoms with Crippen molar-refractivity contribution in [2.24, 2.45) is 0 Å². The number of carbonyl (C=O) groups is 1. The number of halogens is 3. The Kier molecular flexibility index (Phi) is 9.11. The summed E-state index contributed by atoms with van der Waals surface area (Å²) in [5, 5.41) is 6.25. The lowest BCUT2D eigenvalue weighted by molar-refractivity contribution is 0.0604. The first-order chi connectivity index (χ1) is 20.2. The van der Waals surface area contributed by atoms with E-state index in [1.807, 2.05) is 37.4 Å². The zero-order chi connectivity index (χ0) is 30.0. The molecule has 0 aliphatic heterocycles. The molecule has 2 aromatic heterocycles. The van der Waals surface area contributed by atoms with Crippen LogP contribution in [0.1, 0.15) is 46.6 Å². The molecule has 10 heteroatoms. The van der Waals surface area contributed by atoms with Gasteiger partial charge in [0.1, 0.15) is 22.3 Å². The molecule has 5 rings (SSSR count). The van der Waals surface area contributed by atoms with Gasteiger partial charge < -0.3 is 20.3 Å². The van der Waals surface area contributed by atoms with Crippen molar-refractivity contribution in [1.82, 2.24) is 20.5 Å². The minimum atomic E-state index is -0.653. The number of methoxy groups -OCH3 is 1. The van der Waals surface area contributed by atoms with Gasteiger partial charge in [-0.1, -0.05) is 24.2 Å². The van der Waals surface area contributed by atoms with E-state index in [9.17, 15) is 13.6 Å². The number of fused-ring (bicyclic) bond motifs is 1. The van der Waals surface area contributed by atoms with Crippen LogP contribution < -0.4 is 15.4 Å². The predicted molar refractivity (Wildman–Crippen MR) is 166 cm³/mol. The van der Waals surface area contributed by atoms with Crippen molar-refractivity contribution in [1.29, 1.82) is 0 Å². The van der Waals surface area contributed by atoms with Crippen LogP contribution in [0.4, 0.5) is 8.78 Å². The van der Waals surface area contributed by atoms with Crippen LogP contribution in [0.2, 0.25) is 5.02 Å². The number of nitrogens with zero attached hydrogens (tertiary/aromatic N) is 2. The Morgan fingerprint density at radius 2 is 1.81 bits per heavy atom. The molecule has 0 radical (unpaired) electrons. The number of aromatic nitrogens is 1. The topological polar surface area (TPSA) is 66.5 Å². The maximum absolute atomic E-state index is 14.7. The molecule has 0 saturated heterocycles. The summed E-state index contributed by atoms with van der Waals surface area (Å²) < 4.78 is 35.1. The molecule has 0 unspecified atom stereocenters. The van der Waals surface area contributed by atoms with Crippen molar-refractivity contribution in [2.45, 2.75) is 44.3 Å². The maximum atomic E-state index is 14.7. The lowest BCUT2D eigenvalue weighted by Gasteiger charge is -2.37. The first kappa shape index (κ1) is 29.9. The molecule has 0 atom stereocenters. The van der Waals surface area contributed by atoms with Gasteiger partial charge in [0.15, 0.2) is 0 Å². The molecule has 2 heterocycles. The third-order valence-electron chi connectivity index (χ3n) is 8.01. The minimum absolute atomic E-state index is 0.0402. The standard InChI is InChI=1S/C32H33ClF2N4O2S/c1-18(36-2)26-16-20(13-14-38-26)19-5-12-27(41-4)21(15-19)17-39(23-8-6-22(37-3)7-9-23)32(40)31-29(33)28-24(34)10-11-25(35)30(28)42-31/h5,10-16,22-23,36-37H,1,6-9,17H2,2-4H3/t22-,23-. The van der Waals surface area contributed by atoms with Gasteiger partial charge in [-0.15, -0.1) is 11.3 Å². The molecule has 6 nitrogen and oxygen atoms in total. The van der Waals surface area contributed by atoms with Crippen LogP contribution in [0.25, 0.3) is 26.9 Å². The summed E-state index contributed by atoms with van der Waals surface area (Å²) in [7, 11) is 5.34. The van der Waals surface area contributed by atoms with E-state index in [4.69, 9.17) is 16.3 Å². The highest BCUT2D eigenvalue weighted by atomic mass is 35.5. The molecule has 220 valence electrons. The van der Waals surface area contributed by atoms with E-state index in [2.05, 4.69) is 22.2 Å². The SMILES string of the molecule is C=C(NC)c1cc(-c2ccc(OC)c(CN(C(=O)c3sc4c(F)ccc(F)c4c3Cl)[C@H]3CC[C@H](NC)CC3)c2)ccn1. The number of hydrogen-bond donors (Lipinski definition) is 2. The molecule has 1 aliphatic rings. The van der Waals surface area contributed by atoms with Crippen LogP contribution >= 0.6 is 22.9 Å². The second-order valence-corrected chi connectivity index (χ2v) is 11.8. The van der Waals surface area contributed by atoms with Gasteiger partial charge in [-0.05, 0) is 80.3 Å². The normalized spacial score (nSPS) is 16.8. The first-order valence-electron chi connectivity index (χ1n) is 13.8. The first-order valence-corrected chi connectivity index (χ1v) is 15.0. The highest BCUT2D eigenvalue weighted by Crippen LogP contribution is 2.40. The summed E-state index contributed by atoms with van der Waals surface area (Å²) in [5.41, 5.74) is 4.09. The van der Waals surface area contributed by atoms with Crippen LogP contribution in [0.15, 0.2) is 55.2 Å². The Bertz CT molecular complexity index is 1630. The molecule has 42 heavy (non-hydrogen) atoms. The number of benzene rings is 2. The van der Waals surface area contributed by atoms with E-state index in [0.717, 1.165) is 71.5 Å². The van der Waals surface area contributed by atoms with Gasteiger partial charge in [-0.3, -0.25) is 9.78 Å². The summed E-state index contributed by atoms with van der Waals surface area (Å²) in [6, 6.07) is 12.1. The number of ether oxygens (including phenoxy) is 1. The smallest absolute Gasteiger partial charge is 0.266 e. The second-order valence-electron chi connectivity index (χ2n) is 10.4. The molecule has 2 N–H and O–H groups in total. The van der Waals surface area contributed by atoms with Crippen molar-refractivity contribution < 1.29 is 18.3 Å². The number of pyridine rings is 1. The molecule has 1 amide bonds. The summed E-state index contributed by atoms with van der Waals surface area (Å²) in [6.07, 6.45) is 5.10. The van der Waals surface area contributed by atoms with Gasteiger partial charge in [0.2, 0.25) is 0 Å². The van der Waals surface area contributed by atoms with Crippen LogP contribution in [0.5, 0.6) is 5.75 Å². The van der Waals surface area contributed by atoms with E-state index >= 15 is 0 Å². The van der Waals surface area contributed by atoms with Crippen LogP contribution in [0.3, 0.4) is 0 Å². The Hall–Kier alpha value is -3.53. The predicted octanol–water partition coefficient (Wildman–Crippen LogP) is 7.27. The van der Waals surface area contributed by atoms with Gasteiger partial charge in [0.05, 0.1) is 33.6 Å². The number of carbonyl (C=O) groups excluding carboxylic acids is 1. The quantitative estimate of drug-likeness (QED) is 0.209. The lowest BCUT2D eigenvalue weighted by Crippen LogP contribution is -2.44. The summed E-state index contributed by atoms with van der Waals surface area (Å²) in [6.45, 7) is 4.25. The molecule has 1 fully saturated rings. The van der Waals surface area contributed by atoms with Crippen LogP contribution in [-0.2, 0) is 6.54 Å². The lowest BCUT2D eigenvalue weighted by atomic mass is 9.89. The van der Waals surface area contributed by atoms with Crippen molar-refractivity contribution in [3.8, 4) is 16.9 Å². The Morgan fingerprint density at radius 1 is 1.10 bits per heavy atom. The number of amides is 1. The molecular weight excluding hydrogens is 578 g/mol. The van der Waals surface area contributed by atoms with E-state index in [-0.39, 0.29) is 38.5 Å². The van der Waals surface area contributed by atoms with E-state index < -0.39 is 11.6 Å².